The molecule has 0 atom stereocenters. The van der Waals surface area contributed by atoms with Crippen molar-refractivity contribution in [2.45, 2.75) is 26.7 Å². The van der Waals surface area contributed by atoms with Crippen LogP contribution in [0.5, 0.6) is 0 Å². The van der Waals surface area contributed by atoms with Crippen molar-refractivity contribution in [1.82, 2.24) is 0 Å². The Hall–Kier alpha value is -1.42. The summed E-state index contributed by atoms with van der Waals surface area (Å²) in [6.45, 7) is 6.97. The molecule has 0 fully saturated rings. The number of hydrogen-bond acceptors (Lipinski definition) is 1. The zero-order valence-corrected chi connectivity index (χ0v) is 9.09. The van der Waals surface area contributed by atoms with Crippen molar-refractivity contribution >= 4 is 5.69 Å². The maximum atomic E-state index is 3.27. The molecule has 1 rings (SSSR count). The highest BCUT2D eigenvalue weighted by molar-refractivity contribution is 5.47. The predicted octanol–water partition coefficient (Wildman–Crippen LogP) is 3.25. The second-order valence-corrected chi connectivity index (χ2v) is 3.56. The first-order valence-electron chi connectivity index (χ1n) is 4.97. The molecule has 0 aliphatic carbocycles. The smallest absolute Gasteiger partial charge is 0.0765 e. The van der Waals surface area contributed by atoms with Gasteiger partial charge in [-0.15, -0.1) is 5.92 Å². The average molecular weight is 187 g/mol. The number of hydrogen-bond donors (Lipinski definition) is 1. The first-order chi connectivity index (χ1) is 6.74. The van der Waals surface area contributed by atoms with Gasteiger partial charge in [-0.3, -0.25) is 0 Å². The quantitative estimate of drug-likeness (QED) is 0.716. The van der Waals surface area contributed by atoms with Crippen molar-refractivity contribution in [2.75, 3.05) is 11.9 Å². The van der Waals surface area contributed by atoms with E-state index < -0.39 is 0 Å². The van der Waals surface area contributed by atoms with Crippen LogP contribution in [0.1, 0.15) is 32.3 Å². The van der Waals surface area contributed by atoms with Crippen LogP contribution in [0.15, 0.2) is 24.3 Å². The highest BCUT2D eigenvalue weighted by atomic mass is 14.8. The van der Waals surface area contributed by atoms with Crippen molar-refractivity contribution in [1.29, 1.82) is 0 Å². The minimum atomic E-state index is 0.578. The van der Waals surface area contributed by atoms with E-state index in [0.717, 1.165) is 12.2 Å². The van der Waals surface area contributed by atoms with E-state index in [9.17, 15) is 0 Å². The van der Waals surface area contributed by atoms with E-state index in [2.05, 4.69) is 55.3 Å². The number of rotatable bonds is 3. The minimum Gasteiger partial charge on any atom is -0.374 e. The van der Waals surface area contributed by atoms with Crippen LogP contribution < -0.4 is 5.32 Å². The van der Waals surface area contributed by atoms with E-state index in [1.165, 1.54) is 5.56 Å². The average Bonchev–Trinajstić information content (AvgIpc) is 2.19. The first kappa shape index (κ1) is 10.7. The largest absolute Gasteiger partial charge is 0.374 e. The van der Waals surface area contributed by atoms with Crippen LogP contribution >= 0.6 is 0 Å². The second kappa shape index (κ2) is 5.34. The molecule has 0 bridgehead atoms. The summed E-state index contributed by atoms with van der Waals surface area (Å²) in [5.41, 5.74) is 2.51. The Labute approximate surface area is 86.5 Å². The highest BCUT2D eigenvalue weighted by Crippen LogP contribution is 2.17. The topological polar surface area (TPSA) is 12.0 Å². The van der Waals surface area contributed by atoms with Crippen LogP contribution in [-0.4, -0.2) is 6.54 Å². The Kier molecular flexibility index (Phi) is 4.07. The monoisotopic (exact) mass is 187 g/mol. The van der Waals surface area contributed by atoms with Crippen LogP contribution in [0.4, 0.5) is 5.69 Å². The van der Waals surface area contributed by atoms with E-state index >= 15 is 0 Å². The lowest BCUT2D eigenvalue weighted by atomic mass is 10.0. The molecule has 0 saturated carbocycles. The standard InChI is InChI=1S/C13H17N/c1-4-5-9-14-13-8-6-7-12(10-13)11(2)3/h6-8,10-11,14H,9H2,1-3H3. The molecule has 0 saturated heterocycles. The molecule has 0 heterocycles. The van der Waals surface area contributed by atoms with Crippen molar-refractivity contribution < 1.29 is 0 Å². The fourth-order valence-electron chi connectivity index (χ4n) is 1.24. The Morgan fingerprint density at radius 1 is 1.36 bits per heavy atom. The maximum Gasteiger partial charge on any atom is 0.0765 e. The van der Waals surface area contributed by atoms with Crippen LogP contribution in [-0.2, 0) is 0 Å². The summed E-state index contributed by atoms with van der Waals surface area (Å²) in [6, 6.07) is 8.49. The van der Waals surface area contributed by atoms with Crippen LogP contribution in [0.2, 0.25) is 0 Å². The molecule has 0 amide bonds. The van der Waals surface area contributed by atoms with Crippen LogP contribution in [0.3, 0.4) is 0 Å². The van der Waals surface area contributed by atoms with Gasteiger partial charge in [-0.05, 0) is 30.5 Å². The number of anilines is 1. The first-order valence-corrected chi connectivity index (χ1v) is 4.97. The summed E-state index contributed by atoms with van der Waals surface area (Å²) in [6.07, 6.45) is 0. The van der Waals surface area contributed by atoms with E-state index in [4.69, 9.17) is 0 Å². The third-order valence-electron chi connectivity index (χ3n) is 2.11. The SMILES string of the molecule is CC#CCNc1cccc(C(C)C)c1. The fourth-order valence-corrected chi connectivity index (χ4v) is 1.24. The summed E-state index contributed by atoms with van der Waals surface area (Å²) in [4.78, 5) is 0. The van der Waals surface area contributed by atoms with E-state index in [1.807, 2.05) is 6.92 Å². The number of benzene rings is 1. The fraction of sp³-hybridized carbons (Fsp3) is 0.385. The summed E-state index contributed by atoms with van der Waals surface area (Å²) >= 11 is 0. The molecule has 1 aromatic rings. The molecule has 0 aliphatic rings. The third-order valence-corrected chi connectivity index (χ3v) is 2.11. The van der Waals surface area contributed by atoms with Gasteiger partial charge in [0, 0.05) is 5.69 Å². The third kappa shape index (κ3) is 3.14. The van der Waals surface area contributed by atoms with Crippen molar-refractivity contribution in [2.24, 2.45) is 0 Å². The van der Waals surface area contributed by atoms with Crippen LogP contribution in [0, 0.1) is 11.8 Å². The summed E-state index contributed by atoms with van der Waals surface area (Å²) in [5, 5.41) is 3.27. The van der Waals surface area contributed by atoms with Gasteiger partial charge in [0.05, 0.1) is 6.54 Å². The van der Waals surface area contributed by atoms with E-state index in [-0.39, 0.29) is 0 Å². The van der Waals surface area contributed by atoms with Gasteiger partial charge < -0.3 is 5.32 Å². The summed E-state index contributed by atoms with van der Waals surface area (Å²) in [5.74, 6) is 6.42. The molecule has 0 unspecified atom stereocenters. The maximum absolute atomic E-state index is 3.27. The van der Waals surface area contributed by atoms with Gasteiger partial charge in [0.1, 0.15) is 0 Å². The number of nitrogens with one attached hydrogen (secondary N) is 1. The Bertz CT molecular complexity index is 342. The molecule has 74 valence electrons. The molecule has 14 heavy (non-hydrogen) atoms. The lowest BCUT2D eigenvalue weighted by Crippen LogP contribution is -1.99. The summed E-state index contributed by atoms with van der Waals surface area (Å²) in [7, 11) is 0. The van der Waals surface area contributed by atoms with Gasteiger partial charge in [0.15, 0.2) is 0 Å². The zero-order chi connectivity index (χ0) is 10.4. The Morgan fingerprint density at radius 3 is 2.79 bits per heavy atom. The summed E-state index contributed by atoms with van der Waals surface area (Å²) < 4.78 is 0. The normalized spacial score (nSPS) is 9.43. The minimum absolute atomic E-state index is 0.578. The van der Waals surface area contributed by atoms with E-state index in [1.54, 1.807) is 0 Å². The van der Waals surface area contributed by atoms with Gasteiger partial charge in [0.25, 0.3) is 0 Å². The van der Waals surface area contributed by atoms with Crippen molar-refractivity contribution in [3.05, 3.63) is 29.8 Å². The van der Waals surface area contributed by atoms with Gasteiger partial charge >= 0.3 is 0 Å². The van der Waals surface area contributed by atoms with Gasteiger partial charge in [-0.1, -0.05) is 31.9 Å². The molecule has 1 nitrogen and oxygen atoms in total. The lowest BCUT2D eigenvalue weighted by Gasteiger charge is -2.08. The predicted molar refractivity (Wildman–Crippen MR) is 62.5 cm³/mol. The molecule has 0 aromatic heterocycles. The molecular weight excluding hydrogens is 170 g/mol. The second-order valence-electron chi connectivity index (χ2n) is 3.56. The van der Waals surface area contributed by atoms with Crippen molar-refractivity contribution in [3.8, 4) is 11.8 Å². The molecule has 1 heteroatoms. The van der Waals surface area contributed by atoms with Gasteiger partial charge in [-0.2, -0.15) is 0 Å². The molecule has 0 spiro atoms. The van der Waals surface area contributed by atoms with Crippen LogP contribution in [0.25, 0.3) is 0 Å². The molecule has 1 aromatic carbocycles. The van der Waals surface area contributed by atoms with Gasteiger partial charge in [0.2, 0.25) is 0 Å². The molecular formula is C13H17N. The lowest BCUT2D eigenvalue weighted by molar-refractivity contribution is 0.867. The van der Waals surface area contributed by atoms with Gasteiger partial charge in [-0.25, -0.2) is 0 Å². The van der Waals surface area contributed by atoms with Crippen molar-refractivity contribution in [3.63, 3.8) is 0 Å². The Morgan fingerprint density at radius 2 is 2.14 bits per heavy atom. The molecule has 1 N–H and O–H groups in total. The van der Waals surface area contributed by atoms with E-state index in [0.29, 0.717) is 5.92 Å². The highest BCUT2D eigenvalue weighted by Gasteiger charge is 1.98. The molecule has 0 aliphatic heterocycles. The molecule has 0 radical (unpaired) electrons. The zero-order valence-electron chi connectivity index (χ0n) is 9.09. The Balaban J connectivity index is 2.67.